The predicted molar refractivity (Wildman–Crippen MR) is 71.2 cm³/mol. The van der Waals surface area contributed by atoms with Crippen LogP contribution in [0.1, 0.15) is 29.5 Å². The highest BCUT2D eigenvalue weighted by Crippen LogP contribution is 2.19. The van der Waals surface area contributed by atoms with Crippen molar-refractivity contribution in [3.63, 3.8) is 0 Å². The zero-order valence-corrected chi connectivity index (χ0v) is 10.9. The molecule has 0 spiro atoms. The number of hydrogen-bond donors (Lipinski definition) is 2. The van der Waals surface area contributed by atoms with Gasteiger partial charge in [0.05, 0.1) is 6.10 Å². The van der Waals surface area contributed by atoms with Gasteiger partial charge in [-0.15, -0.1) is 0 Å². The molecule has 1 heterocycles. The van der Waals surface area contributed by atoms with Gasteiger partial charge in [-0.1, -0.05) is 18.2 Å². The van der Waals surface area contributed by atoms with Gasteiger partial charge in [0.1, 0.15) is 0 Å². The molecule has 0 bridgehead atoms. The van der Waals surface area contributed by atoms with E-state index in [0.29, 0.717) is 5.92 Å². The summed E-state index contributed by atoms with van der Waals surface area (Å²) in [6.45, 7) is 6.33. The Hall–Kier alpha value is -0.860. The van der Waals surface area contributed by atoms with Crippen molar-refractivity contribution in [2.24, 2.45) is 5.92 Å². The number of hydrogen-bond acceptors (Lipinski definition) is 2. The lowest BCUT2D eigenvalue weighted by molar-refractivity contribution is 0.0922. The van der Waals surface area contributed by atoms with E-state index >= 15 is 0 Å². The molecule has 94 valence electrons. The SMILES string of the molecule is Cc1ccc(CC(O)C2CCCNC2)cc1C. The molecule has 1 fully saturated rings. The van der Waals surface area contributed by atoms with Gasteiger partial charge in [0.15, 0.2) is 0 Å². The molecule has 1 saturated heterocycles. The fraction of sp³-hybridized carbons (Fsp3) is 0.600. The maximum atomic E-state index is 10.2. The summed E-state index contributed by atoms with van der Waals surface area (Å²) in [5, 5.41) is 13.6. The van der Waals surface area contributed by atoms with Crippen molar-refractivity contribution in [2.45, 2.75) is 39.2 Å². The second kappa shape index (κ2) is 5.65. The number of benzene rings is 1. The Labute approximate surface area is 104 Å². The number of piperidine rings is 1. The van der Waals surface area contributed by atoms with Gasteiger partial charge in [0.25, 0.3) is 0 Å². The van der Waals surface area contributed by atoms with E-state index in [1.807, 2.05) is 0 Å². The van der Waals surface area contributed by atoms with Crippen LogP contribution in [0.4, 0.5) is 0 Å². The fourth-order valence-electron chi connectivity index (χ4n) is 2.55. The minimum absolute atomic E-state index is 0.204. The van der Waals surface area contributed by atoms with E-state index in [1.165, 1.54) is 23.1 Å². The Balaban J connectivity index is 1.96. The van der Waals surface area contributed by atoms with Crippen LogP contribution in [0.15, 0.2) is 18.2 Å². The molecule has 1 aliphatic heterocycles. The molecule has 2 atom stereocenters. The van der Waals surface area contributed by atoms with Crippen LogP contribution in [-0.4, -0.2) is 24.3 Å². The van der Waals surface area contributed by atoms with Crippen LogP contribution in [0.5, 0.6) is 0 Å². The molecule has 1 aliphatic rings. The Kier molecular flexibility index (Phi) is 4.19. The quantitative estimate of drug-likeness (QED) is 0.839. The third-order valence-electron chi connectivity index (χ3n) is 3.90. The largest absolute Gasteiger partial charge is 0.392 e. The summed E-state index contributed by atoms with van der Waals surface area (Å²) in [7, 11) is 0. The molecule has 2 N–H and O–H groups in total. The highest BCUT2D eigenvalue weighted by molar-refractivity contribution is 5.30. The smallest absolute Gasteiger partial charge is 0.0620 e. The summed E-state index contributed by atoms with van der Waals surface area (Å²) in [4.78, 5) is 0. The maximum Gasteiger partial charge on any atom is 0.0620 e. The van der Waals surface area contributed by atoms with E-state index in [-0.39, 0.29) is 6.10 Å². The van der Waals surface area contributed by atoms with Gasteiger partial charge in [0, 0.05) is 6.54 Å². The molecule has 1 aromatic carbocycles. The van der Waals surface area contributed by atoms with Gasteiger partial charge in [-0.2, -0.15) is 0 Å². The number of aryl methyl sites for hydroxylation is 2. The average Bonchev–Trinajstić information content (AvgIpc) is 2.35. The van der Waals surface area contributed by atoms with Crippen LogP contribution < -0.4 is 5.32 Å². The fourth-order valence-corrected chi connectivity index (χ4v) is 2.55. The first-order chi connectivity index (χ1) is 8.16. The minimum Gasteiger partial charge on any atom is -0.392 e. The summed E-state index contributed by atoms with van der Waals surface area (Å²) in [6.07, 6.45) is 2.92. The number of nitrogens with one attached hydrogen (secondary N) is 1. The van der Waals surface area contributed by atoms with Gasteiger partial charge >= 0.3 is 0 Å². The summed E-state index contributed by atoms with van der Waals surface area (Å²) in [6, 6.07) is 6.49. The lowest BCUT2D eigenvalue weighted by atomic mass is 9.89. The van der Waals surface area contributed by atoms with Crippen molar-refractivity contribution in [1.29, 1.82) is 0 Å². The number of aliphatic hydroxyl groups is 1. The van der Waals surface area contributed by atoms with Crippen molar-refractivity contribution >= 4 is 0 Å². The Morgan fingerprint density at radius 2 is 2.18 bits per heavy atom. The standard InChI is InChI=1S/C15H23NO/c1-11-5-6-13(8-12(11)2)9-15(17)14-4-3-7-16-10-14/h5-6,8,14-17H,3-4,7,9-10H2,1-2H3. The van der Waals surface area contributed by atoms with Crippen molar-refractivity contribution in [3.8, 4) is 0 Å². The van der Waals surface area contributed by atoms with Crippen LogP contribution in [0.3, 0.4) is 0 Å². The third-order valence-corrected chi connectivity index (χ3v) is 3.90. The van der Waals surface area contributed by atoms with Crippen molar-refractivity contribution in [3.05, 3.63) is 34.9 Å². The van der Waals surface area contributed by atoms with Crippen molar-refractivity contribution in [1.82, 2.24) is 5.32 Å². The zero-order valence-electron chi connectivity index (χ0n) is 10.9. The maximum absolute atomic E-state index is 10.2. The summed E-state index contributed by atoms with van der Waals surface area (Å²) in [5.41, 5.74) is 3.89. The minimum atomic E-state index is -0.204. The summed E-state index contributed by atoms with van der Waals surface area (Å²) < 4.78 is 0. The second-order valence-corrected chi connectivity index (χ2v) is 5.30. The van der Waals surface area contributed by atoms with Crippen molar-refractivity contribution < 1.29 is 5.11 Å². The second-order valence-electron chi connectivity index (χ2n) is 5.30. The van der Waals surface area contributed by atoms with Crippen LogP contribution in [0.2, 0.25) is 0 Å². The summed E-state index contributed by atoms with van der Waals surface area (Å²) >= 11 is 0. The first kappa shape index (κ1) is 12.6. The Bertz CT molecular complexity index is 369. The molecule has 2 heteroatoms. The first-order valence-electron chi connectivity index (χ1n) is 6.61. The number of rotatable bonds is 3. The zero-order chi connectivity index (χ0) is 12.3. The molecule has 1 aromatic rings. The molecule has 0 aliphatic carbocycles. The van der Waals surface area contributed by atoms with E-state index in [9.17, 15) is 5.11 Å². The van der Waals surface area contributed by atoms with E-state index < -0.39 is 0 Å². The van der Waals surface area contributed by atoms with Gasteiger partial charge in [-0.05, 0) is 62.3 Å². The van der Waals surface area contributed by atoms with Crippen LogP contribution in [0.25, 0.3) is 0 Å². The molecule has 2 rings (SSSR count). The van der Waals surface area contributed by atoms with Crippen LogP contribution in [-0.2, 0) is 6.42 Å². The lowest BCUT2D eigenvalue weighted by Crippen LogP contribution is -2.37. The highest BCUT2D eigenvalue weighted by Gasteiger charge is 2.21. The van der Waals surface area contributed by atoms with Gasteiger partial charge < -0.3 is 10.4 Å². The van der Waals surface area contributed by atoms with E-state index in [4.69, 9.17) is 0 Å². The molecular formula is C15H23NO. The monoisotopic (exact) mass is 233 g/mol. The van der Waals surface area contributed by atoms with E-state index in [0.717, 1.165) is 25.9 Å². The van der Waals surface area contributed by atoms with Gasteiger partial charge in [0.2, 0.25) is 0 Å². The van der Waals surface area contributed by atoms with Crippen LogP contribution >= 0.6 is 0 Å². The normalized spacial score (nSPS) is 22.4. The van der Waals surface area contributed by atoms with Crippen molar-refractivity contribution in [2.75, 3.05) is 13.1 Å². The highest BCUT2D eigenvalue weighted by atomic mass is 16.3. The Morgan fingerprint density at radius 1 is 1.35 bits per heavy atom. The molecule has 0 saturated carbocycles. The molecule has 0 aromatic heterocycles. The summed E-state index contributed by atoms with van der Waals surface area (Å²) in [5.74, 6) is 0.422. The Morgan fingerprint density at radius 3 is 2.82 bits per heavy atom. The molecule has 2 nitrogen and oxygen atoms in total. The molecule has 2 unspecified atom stereocenters. The first-order valence-corrected chi connectivity index (χ1v) is 6.61. The van der Waals surface area contributed by atoms with Crippen LogP contribution in [0, 0.1) is 19.8 Å². The molecule has 0 amide bonds. The molecular weight excluding hydrogens is 210 g/mol. The number of aliphatic hydroxyl groups excluding tert-OH is 1. The molecule has 17 heavy (non-hydrogen) atoms. The van der Waals surface area contributed by atoms with E-state index in [2.05, 4.69) is 37.4 Å². The van der Waals surface area contributed by atoms with E-state index in [1.54, 1.807) is 0 Å². The average molecular weight is 233 g/mol. The topological polar surface area (TPSA) is 32.3 Å². The lowest BCUT2D eigenvalue weighted by Gasteiger charge is -2.27. The third kappa shape index (κ3) is 3.30. The molecule has 0 radical (unpaired) electrons. The van der Waals surface area contributed by atoms with Gasteiger partial charge in [-0.3, -0.25) is 0 Å². The predicted octanol–water partition coefficient (Wildman–Crippen LogP) is 2.21. The van der Waals surface area contributed by atoms with Gasteiger partial charge in [-0.25, -0.2) is 0 Å².